The van der Waals surface area contributed by atoms with Crippen LogP contribution in [0.1, 0.15) is 47.0 Å². The summed E-state index contributed by atoms with van der Waals surface area (Å²) in [6.07, 6.45) is 2.51. The minimum Gasteiger partial charge on any atom is -0.481 e. The van der Waals surface area contributed by atoms with E-state index in [1.807, 2.05) is 39.0 Å². The minimum absolute atomic E-state index is 0.144. The third-order valence-electron chi connectivity index (χ3n) is 3.33. The van der Waals surface area contributed by atoms with E-state index in [2.05, 4.69) is 5.43 Å². The van der Waals surface area contributed by atoms with Crippen LogP contribution >= 0.6 is 0 Å². The molecule has 1 fully saturated rings. The van der Waals surface area contributed by atoms with E-state index in [9.17, 15) is 9.59 Å². The lowest BCUT2D eigenvalue weighted by Crippen LogP contribution is -2.35. The average Bonchev–Trinajstić information content (AvgIpc) is 2.89. The number of hydrogen-bond acceptors (Lipinski definition) is 4. The summed E-state index contributed by atoms with van der Waals surface area (Å²) >= 11 is 0. The number of para-hydroxylation sites is 1. The quantitative estimate of drug-likeness (QED) is 0.755. The topological polar surface area (TPSA) is 95.9 Å². The van der Waals surface area contributed by atoms with Crippen molar-refractivity contribution in [1.29, 1.82) is 0 Å². The van der Waals surface area contributed by atoms with Crippen LogP contribution in [-0.2, 0) is 19.1 Å². The summed E-state index contributed by atoms with van der Waals surface area (Å²) in [5.41, 5.74) is 3.34. The van der Waals surface area contributed by atoms with Crippen molar-refractivity contribution in [3.8, 4) is 0 Å². The molecule has 0 spiro atoms. The lowest BCUT2D eigenvalue weighted by Gasteiger charge is -2.14. The molecule has 0 aliphatic carbocycles. The number of anilines is 1. The van der Waals surface area contributed by atoms with Crippen molar-refractivity contribution in [3.05, 3.63) is 30.3 Å². The molecule has 2 N–H and O–H groups in total. The third-order valence-corrected chi connectivity index (χ3v) is 3.33. The summed E-state index contributed by atoms with van der Waals surface area (Å²) in [5, 5.41) is 8.77. The molecule has 1 atom stereocenters. The Balaban J connectivity index is 0.000000582. The number of amides is 2. The van der Waals surface area contributed by atoms with Crippen LogP contribution in [0.5, 0.6) is 0 Å². The monoisotopic (exact) mass is 366 g/mol. The summed E-state index contributed by atoms with van der Waals surface area (Å²) in [4.78, 5) is 32.8. The Kier molecular flexibility index (Phi) is 12.6. The highest BCUT2D eigenvalue weighted by atomic mass is 16.5. The fraction of sp³-hybridized carbons (Fsp3) is 0.526. The first-order valence-electron chi connectivity index (χ1n) is 8.85. The highest BCUT2D eigenvalue weighted by molar-refractivity contribution is 6.14. The Bertz CT molecular complexity index is 542. The number of aliphatic carboxylic acids is 1. The van der Waals surface area contributed by atoms with Crippen molar-refractivity contribution in [2.45, 2.75) is 47.0 Å². The summed E-state index contributed by atoms with van der Waals surface area (Å²) in [6, 6.07) is 9.17. The second-order valence-corrected chi connectivity index (χ2v) is 5.48. The highest BCUT2D eigenvalue weighted by Gasteiger charge is 2.39. The summed E-state index contributed by atoms with van der Waals surface area (Å²) < 4.78 is 4.83. The van der Waals surface area contributed by atoms with E-state index in [4.69, 9.17) is 14.6 Å². The van der Waals surface area contributed by atoms with Gasteiger partial charge in [0.1, 0.15) is 5.92 Å². The normalized spacial score (nSPS) is 15.4. The Morgan fingerprint density at radius 2 is 1.69 bits per heavy atom. The Morgan fingerprint density at radius 1 is 1.15 bits per heavy atom. The second-order valence-electron chi connectivity index (χ2n) is 5.48. The van der Waals surface area contributed by atoms with Gasteiger partial charge >= 0.3 is 0 Å². The molecule has 2 amide bonds. The van der Waals surface area contributed by atoms with Gasteiger partial charge in [-0.05, 0) is 32.4 Å². The van der Waals surface area contributed by atoms with E-state index in [0.29, 0.717) is 12.1 Å². The van der Waals surface area contributed by atoms with Crippen molar-refractivity contribution < 1.29 is 24.2 Å². The molecule has 1 unspecified atom stereocenters. The Morgan fingerprint density at radius 3 is 2.12 bits per heavy atom. The van der Waals surface area contributed by atoms with Crippen LogP contribution in [0.3, 0.4) is 0 Å². The van der Waals surface area contributed by atoms with E-state index in [1.165, 1.54) is 5.01 Å². The van der Waals surface area contributed by atoms with E-state index < -0.39 is 11.9 Å². The van der Waals surface area contributed by atoms with Gasteiger partial charge in [-0.3, -0.25) is 19.8 Å². The molecule has 26 heavy (non-hydrogen) atoms. The molecule has 7 nitrogen and oxygen atoms in total. The number of unbranched alkanes of at least 4 members (excludes halogenated alkanes) is 1. The maximum atomic E-state index is 12.1. The van der Waals surface area contributed by atoms with E-state index in [-0.39, 0.29) is 11.8 Å². The first-order chi connectivity index (χ1) is 12.4. The number of carboxylic acids is 1. The number of hydrogen-bond donors (Lipinski definition) is 2. The molecule has 1 aliphatic heterocycles. The van der Waals surface area contributed by atoms with Crippen molar-refractivity contribution >= 4 is 23.5 Å². The molecule has 1 heterocycles. The largest absolute Gasteiger partial charge is 0.481 e. The zero-order valence-corrected chi connectivity index (χ0v) is 16.0. The Labute approximate surface area is 155 Å². The molecule has 0 radical (unpaired) electrons. The molecule has 1 aromatic rings. The van der Waals surface area contributed by atoms with Crippen molar-refractivity contribution in [2.24, 2.45) is 5.92 Å². The van der Waals surface area contributed by atoms with Gasteiger partial charge in [0.05, 0.1) is 5.69 Å². The fourth-order valence-electron chi connectivity index (χ4n) is 2.15. The van der Waals surface area contributed by atoms with Gasteiger partial charge in [-0.2, -0.15) is 0 Å². The maximum Gasteiger partial charge on any atom is 0.300 e. The molecular weight excluding hydrogens is 336 g/mol. The number of rotatable bonds is 6. The van der Waals surface area contributed by atoms with Gasteiger partial charge in [0.25, 0.3) is 17.8 Å². The Hall–Kier alpha value is -2.41. The van der Waals surface area contributed by atoms with E-state index >= 15 is 0 Å². The number of nitrogens with one attached hydrogen (secondary N) is 1. The molecular formula is C19H30N2O5. The number of carbonyl (C=O) groups is 3. The van der Waals surface area contributed by atoms with Gasteiger partial charge in [-0.25, -0.2) is 5.01 Å². The van der Waals surface area contributed by atoms with Crippen molar-refractivity contribution in [2.75, 3.05) is 18.2 Å². The van der Waals surface area contributed by atoms with Crippen LogP contribution in [0.15, 0.2) is 30.3 Å². The van der Waals surface area contributed by atoms with E-state index in [1.54, 1.807) is 12.1 Å². The molecule has 146 valence electrons. The van der Waals surface area contributed by atoms with Gasteiger partial charge in [-0.15, -0.1) is 0 Å². The molecule has 2 rings (SSSR count). The SMILES string of the molecule is CC(=O)O.CCCCC1C(=O)NN(c2ccccc2)C1=O.CCOCC. The van der Waals surface area contributed by atoms with Crippen LogP contribution < -0.4 is 10.4 Å². The van der Waals surface area contributed by atoms with Gasteiger partial charge in [0.15, 0.2) is 0 Å². The summed E-state index contributed by atoms with van der Waals surface area (Å²) in [6.45, 7) is 8.80. The smallest absolute Gasteiger partial charge is 0.300 e. The molecule has 0 aromatic heterocycles. The number of nitrogens with zero attached hydrogens (tertiary/aromatic N) is 1. The standard InChI is InChI=1S/C13H16N2O2.C4H10O.C2H4O2/c1-2-3-9-11-12(16)14-15(13(11)17)10-7-5-4-6-8-10;1-3-5-4-2;1-2(3)4/h4-8,11H,2-3,9H2,1H3,(H,14,16);3-4H2,1-2H3;1H3,(H,3,4). The molecule has 1 saturated heterocycles. The third kappa shape index (κ3) is 9.17. The number of hydrazine groups is 1. The predicted octanol–water partition coefficient (Wildman–Crippen LogP) is 3.00. The molecule has 7 heteroatoms. The van der Waals surface area contributed by atoms with Gasteiger partial charge in [0, 0.05) is 20.1 Å². The number of benzene rings is 1. The molecule has 0 saturated carbocycles. The number of carbonyl (C=O) groups excluding carboxylic acids is 2. The molecule has 1 aliphatic rings. The lowest BCUT2D eigenvalue weighted by molar-refractivity contribution is -0.134. The molecule has 0 bridgehead atoms. The van der Waals surface area contributed by atoms with Crippen LogP contribution in [0.4, 0.5) is 5.69 Å². The van der Waals surface area contributed by atoms with E-state index in [0.717, 1.165) is 33.0 Å². The zero-order valence-electron chi connectivity index (χ0n) is 16.0. The molecule has 1 aromatic carbocycles. The lowest BCUT2D eigenvalue weighted by atomic mass is 10.0. The minimum atomic E-state index is -0.833. The predicted molar refractivity (Wildman–Crippen MR) is 101 cm³/mol. The number of ether oxygens (including phenoxy) is 1. The summed E-state index contributed by atoms with van der Waals surface area (Å²) in [7, 11) is 0. The highest BCUT2D eigenvalue weighted by Crippen LogP contribution is 2.22. The van der Waals surface area contributed by atoms with Gasteiger partial charge < -0.3 is 9.84 Å². The average molecular weight is 366 g/mol. The fourth-order valence-corrected chi connectivity index (χ4v) is 2.15. The van der Waals surface area contributed by atoms with Crippen LogP contribution in [0.25, 0.3) is 0 Å². The van der Waals surface area contributed by atoms with Crippen molar-refractivity contribution in [3.63, 3.8) is 0 Å². The second kappa shape index (κ2) is 13.8. The zero-order chi connectivity index (χ0) is 19.9. The maximum absolute atomic E-state index is 12.1. The first-order valence-corrected chi connectivity index (χ1v) is 8.85. The van der Waals surface area contributed by atoms with Gasteiger partial charge in [0.2, 0.25) is 0 Å². The summed E-state index contributed by atoms with van der Waals surface area (Å²) in [5.74, 6) is -1.68. The van der Waals surface area contributed by atoms with Gasteiger partial charge in [-0.1, -0.05) is 38.0 Å². The van der Waals surface area contributed by atoms with Crippen molar-refractivity contribution in [1.82, 2.24) is 5.43 Å². The number of carboxylic acid groups (broad SMARTS) is 1. The van der Waals surface area contributed by atoms with Crippen LogP contribution in [0.2, 0.25) is 0 Å². The first kappa shape index (κ1) is 23.6. The van der Waals surface area contributed by atoms with Crippen LogP contribution in [0, 0.1) is 5.92 Å². The van der Waals surface area contributed by atoms with Crippen LogP contribution in [-0.4, -0.2) is 36.1 Å².